The molecule has 0 atom stereocenters. The number of piperidine rings is 1. The standard InChI is InChI=1S/C25H28N6O2/c1-18-5-4-6-19(15-18)16-30-23(9-12-26-30)28-24(32)17-29-13-10-20(11-14-29)31-22-8-3-2-7-21(22)27-25(31)33/h2-9,12,15,20H,10-11,13-14,16-17H2,1H3,(H,27,33)(H,28,32). The molecule has 4 aromatic rings. The number of likely N-dealkylation sites (tertiary alicyclic amines) is 1. The number of aromatic nitrogens is 4. The smallest absolute Gasteiger partial charge is 0.310 e. The van der Waals surface area contributed by atoms with Gasteiger partial charge in [-0.05, 0) is 37.5 Å². The molecule has 1 aliphatic heterocycles. The number of para-hydroxylation sites is 2. The summed E-state index contributed by atoms with van der Waals surface area (Å²) in [6, 6.07) is 18.0. The molecule has 0 saturated carbocycles. The fourth-order valence-electron chi connectivity index (χ4n) is 4.71. The summed E-state index contributed by atoms with van der Waals surface area (Å²) in [7, 11) is 0. The highest BCUT2D eigenvalue weighted by Gasteiger charge is 2.24. The molecule has 0 aliphatic carbocycles. The summed E-state index contributed by atoms with van der Waals surface area (Å²) in [6.45, 7) is 4.53. The molecule has 8 nitrogen and oxygen atoms in total. The third-order valence-corrected chi connectivity index (χ3v) is 6.31. The van der Waals surface area contributed by atoms with Crippen molar-refractivity contribution in [3.63, 3.8) is 0 Å². The zero-order chi connectivity index (χ0) is 22.8. The molecule has 2 aromatic carbocycles. The van der Waals surface area contributed by atoms with Gasteiger partial charge < -0.3 is 10.3 Å². The number of H-pyrrole nitrogens is 1. The topological polar surface area (TPSA) is 87.9 Å². The average molecular weight is 445 g/mol. The fraction of sp³-hybridized carbons (Fsp3) is 0.320. The van der Waals surface area contributed by atoms with Crippen molar-refractivity contribution in [2.45, 2.75) is 32.4 Å². The molecule has 1 fully saturated rings. The lowest BCUT2D eigenvalue weighted by Gasteiger charge is -2.32. The third kappa shape index (κ3) is 4.61. The van der Waals surface area contributed by atoms with Crippen LogP contribution >= 0.6 is 0 Å². The number of nitrogens with one attached hydrogen (secondary N) is 2. The second-order valence-corrected chi connectivity index (χ2v) is 8.74. The first-order valence-corrected chi connectivity index (χ1v) is 11.4. The molecule has 3 heterocycles. The van der Waals surface area contributed by atoms with E-state index >= 15 is 0 Å². The maximum absolute atomic E-state index is 12.7. The van der Waals surface area contributed by atoms with Crippen LogP contribution < -0.4 is 11.0 Å². The van der Waals surface area contributed by atoms with Crippen LogP contribution in [0.1, 0.15) is 30.0 Å². The van der Waals surface area contributed by atoms with Gasteiger partial charge in [0, 0.05) is 25.2 Å². The summed E-state index contributed by atoms with van der Waals surface area (Å²) in [5, 5.41) is 7.37. The number of hydrogen-bond acceptors (Lipinski definition) is 4. The molecule has 0 unspecified atom stereocenters. The van der Waals surface area contributed by atoms with Crippen molar-refractivity contribution in [1.82, 2.24) is 24.2 Å². The number of hydrogen-bond donors (Lipinski definition) is 2. The van der Waals surface area contributed by atoms with Crippen LogP contribution in [-0.4, -0.2) is 49.8 Å². The number of rotatable bonds is 6. The van der Waals surface area contributed by atoms with E-state index in [1.807, 2.05) is 45.6 Å². The van der Waals surface area contributed by atoms with Gasteiger partial charge in [-0.25, -0.2) is 9.48 Å². The Morgan fingerprint density at radius 1 is 1.12 bits per heavy atom. The van der Waals surface area contributed by atoms with Crippen LogP contribution in [0.3, 0.4) is 0 Å². The van der Waals surface area contributed by atoms with Crippen LogP contribution in [0.4, 0.5) is 5.82 Å². The summed E-state index contributed by atoms with van der Waals surface area (Å²) in [4.78, 5) is 30.3. The minimum atomic E-state index is -0.0609. The lowest BCUT2D eigenvalue weighted by Crippen LogP contribution is -2.41. The van der Waals surface area contributed by atoms with Gasteiger partial charge in [-0.1, -0.05) is 42.0 Å². The van der Waals surface area contributed by atoms with Crippen LogP contribution in [0.5, 0.6) is 0 Å². The largest absolute Gasteiger partial charge is 0.326 e. The molecule has 0 bridgehead atoms. The number of imidazole rings is 1. The first-order chi connectivity index (χ1) is 16.1. The Hall–Kier alpha value is -3.65. The van der Waals surface area contributed by atoms with Gasteiger partial charge in [-0.3, -0.25) is 14.3 Å². The number of aryl methyl sites for hydroxylation is 1. The molecule has 5 rings (SSSR count). The monoisotopic (exact) mass is 444 g/mol. The predicted molar refractivity (Wildman–Crippen MR) is 128 cm³/mol. The maximum atomic E-state index is 12.7. The highest BCUT2D eigenvalue weighted by molar-refractivity contribution is 5.91. The van der Waals surface area contributed by atoms with Crippen molar-refractivity contribution in [3.05, 3.63) is 82.4 Å². The van der Waals surface area contributed by atoms with Crippen molar-refractivity contribution >= 4 is 22.8 Å². The van der Waals surface area contributed by atoms with Crippen LogP contribution in [-0.2, 0) is 11.3 Å². The second-order valence-electron chi connectivity index (χ2n) is 8.74. The number of carbonyl (C=O) groups is 1. The minimum absolute atomic E-state index is 0.0521. The Labute approximate surface area is 191 Å². The number of carbonyl (C=O) groups excluding carboxylic acids is 1. The summed E-state index contributed by atoms with van der Waals surface area (Å²) in [5.41, 5.74) is 4.09. The van der Waals surface area contributed by atoms with Gasteiger partial charge in [0.1, 0.15) is 5.82 Å². The molecule has 0 radical (unpaired) electrons. The lowest BCUT2D eigenvalue weighted by molar-refractivity contribution is -0.117. The van der Waals surface area contributed by atoms with E-state index in [9.17, 15) is 9.59 Å². The van der Waals surface area contributed by atoms with E-state index in [1.165, 1.54) is 5.56 Å². The first kappa shape index (κ1) is 21.2. The highest BCUT2D eigenvalue weighted by Crippen LogP contribution is 2.24. The number of anilines is 1. The van der Waals surface area contributed by atoms with E-state index in [0.29, 0.717) is 18.9 Å². The molecule has 2 aromatic heterocycles. The highest BCUT2D eigenvalue weighted by atomic mass is 16.2. The van der Waals surface area contributed by atoms with E-state index < -0.39 is 0 Å². The second kappa shape index (κ2) is 9.07. The summed E-state index contributed by atoms with van der Waals surface area (Å²) in [5.74, 6) is 0.644. The van der Waals surface area contributed by atoms with Gasteiger partial charge in [0.2, 0.25) is 5.91 Å². The maximum Gasteiger partial charge on any atom is 0.326 e. The van der Waals surface area contributed by atoms with Crippen LogP contribution in [0.25, 0.3) is 11.0 Å². The molecule has 1 saturated heterocycles. The number of nitrogens with zero attached hydrogens (tertiary/aromatic N) is 4. The van der Waals surface area contributed by atoms with Crippen LogP contribution in [0.2, 0.25) is 0 Å². The Balaban J connectivity index is 1.18. The zero-order valence-electron chi connectivity index (χ0n) is 18.7. The fourth-order valence-corrected chi connectivity index (χ4v) is 4.71. The molecule has 2 N–H and O–H groups in total. The number of amides is 1. The third-order valence-electron chi connectivity index (χ3n) is 6.31. The Morgan fingerprint density at radius 3 is 2.76 bits per heavy atom. The predicted octanol–water partition coefficient (Wildman–Crippen LogP) is 3.16. The van der Waals surface area contributed by atoms with E-state index in [0.717, 1.165) is 42.5 Å². The van der Waals surface area contributed by atoms with Gasteiger partial charge in [0.05, 0.1) is 30.3 Å². The van der Waals surface area contributed by atoms with Crippen molar-refractivity contribution in [1.29, 1.82) is 0 Å². The molecule has 33 heavy (non-hydrogen) atoms. The molecule has 1 aliphatic rings. The number of aromatic amines is 1. The molecular weight excluding hydrogens is 416 g/mol. The molecule has 170 valence electrons. The first-order valence-electron chi connectivity index (χ1n) is 11.4. The van der Waals surface area contributed by atoms with Crippen LogP contribution in [0.15, 0.2) is 65.6 Å². The molecule has 0 spiro atoms. The summed E-state index contributed by atoms with van der Waals surface area (Å²) < 4.78 is 3.68. The van der Waals surface area contributed by atoms with E-state index in [1.54, 1.807) is 6.20 Å². The Kier molecular flexibility index (Phi) is 5.83. The van der Waals surface area contributed by atoms with Crippen molar-refractivity contribution < 1.29 is 4.79 Å². The van der Waals surface area contributed by atoms with E-state index in [4.69, 9.17) is 0 Å². The molecule has 8 heteroatoms. The zero-order valence-corrected chi connectivity index (χ0v) is 18.7. The minimum Gasteiger partial charge on any atom is -0.310 e. The Bertz CT molecular complexity index is 1330. The number of benzene rings is 2. The molecular formula is C25H28N6O2. The summed E-state index contributed by atoms with van der Waals surface area (Å²) >= 11 is 0. The van der Waals surface area contributed by atoms with Crippen LogP contribution in [0, 0.1) is 6.92 Å². The Morgan fingerprint density at radius 2 is 1.94 bits per heavy atom. The SMILES string of the molecule is Cc1cccc(Cn2nccc2NC(=O)CN2CCC(n3c(=O)[nH]c4ccccc43)CC2)c1. The van der Waals surface area contributed by atoms with Gasteiger partial charge in [-0.15, -0.1) is 0 Å². The van der Waals surface area contributed by atoms with Crippen molar-refractivity contribution in [2.75, 3.05) is 25.0 Å². The van der Waals surface area contributed by atoms with Crippen molar-refractivity contribution in [2.24, 2.45) is 0 Å². The van der Waals surface area contributed by atoms with E-state index in [2.05, 4.69) is 45.4 Å². The quantitative estimate of drug-likeness (QED) is 0.478. The number of fused-ring (bicyclic) bond motifs is 1. The van der Waals surface area contributed by atoms with Crippen molar-refractivity contribution in [3.8, 4) is 0 Å². The van der Waals surface area contributed by atoms with Gasteiger partial charge in [0.15, 0.2) is 0 Å². The van der Waals surface area contributed by atoms with Gasteiger partial charge in [-0.2, -0.15) is 5.10 Å². The summed E-state index contributed by atoms with van der Waals surface area (Å²) in [6.07, 6.45) is 3.37. The van der Waals surface area contributed by atoms with Gasteiger partial charge in [0.25, 0.3) is 0 Å². The normalized spacial score (nSPS) is 15.2. The van der Waals surface area contributed by atoms with Gasteiger partial charge >= 0.3 is 5.69 Å². The molecule has 1 amide bonds. The van der Waals surface area contributed by atoms with E-state index in [-0.39, 0.29) is 17.6 Å². The average Bonchev–Trinajstić information content (AvgIpc) is 3.37. The lowest BCUT2D eigenvalue weighted by atomic mass is 10.0.